The zero-order valence-corrected chi connectivity index (χ0v) is 11.1. The van der Waals surface area contributed by atoms with Gasteiger partial charge in [0.2, 0.25) is 0 Å². The molecule has 1 aromatic heterocycles. The minimum absolute atomic E-state index is 0.457. The predicted molar refractivity (Wildman–Crippen MR) is 76.4 cm³/mol. The first-order chi connectivity index (χ1) is 9.63. The molecule has 1 N–H and O–H groups in total. The third-order valence-corrected chi connectivity index (χ3v) is 2.64. The summed E-state index contributed by atoms with van der Waals surface area (Å²) in [7, 11) is 0. The number of pyridine rings is 1. The first-order valence-corrected chi connectivity index (χ1v) is 6.18. The lowest BCUT2D eigenvalue weighted by Crippen LogP contribution is -1.96. The number of benzene rings is 1. The Morgan fingerprint density at radius 3 is 2.70 bits per heavy atom. The fraction of sp³-hybridized carbons (Fsp3) is 0.125. The molecule has 0 aliphatic heterocycles. The molecule has 20 heavy (non-hydrogen) atoms. The highest BCUT2D eigenvalue weighted by Crippen LogP contribution is 2.15. The molecule has 0 unspecified atom stereocenters. The predicted octanol–water partition coefficient (Wildman–Crippen LogP) is 3.07. The number of carboxylic acid groups (broad SMARTS) is 1. The van der Waals surface area contributed by atoms with Crippen LogP contribution in [0.15, 0.2) is 48.8 Å². The number of hydrogen-bond acceptors (Lipinski definition) is 3. The molecule has 0 aliphatic carbocycles. The van der Waals surface area contributed by atoms with Gasteiger partial charge in [0.1, 0.15) is 12.4 Å². The highest BCUT2D eigenvalue weighted by atomic mass is 16.5. The van der Waals surface area contributed by atoms with Crippen LogP contribution < -0.4 is 4.74 Å². The number of carbonyl (C=O) groups is 1. The number of aryl methyl sites for hydroxylation is 1. The number of ether oxygens (including phenoxy) is 1. The first-order valence-electron chi connectivity index (χ1n) is 6.18. The Balaban J connectivity index is 1.95. The minimum atomic E-state index is -0.961. The van der Waals surface area contributed by atoms with Gasteiger partial charge in [0.05, 0.1) is 0 Å². The average molecular weight is 269 g/mol. The maximum Gasteiger partial charge on any atom is 0.328 e. The number of carboxylic acids is 1. The fourth-order valence-electron chi connectivity index (χ4n) is 1.71. The molecular formula is C16H15NO3. The van der Waals surface area contributed by atoms with Gasteiger partial charge in [0.25, 0.3) is 0 Å². The molecular weight excluding hydrogens is 254 g/mol. The van der Waals surface area contributed by atoms with Crippen LogP contribution in [0.1, 0.15) is 16.7 Å². The largest absolute Gasteiger partial charge is 0.489 e. The van der Waals surface area contributed by atoms with Crippen LogP contribution in [0.25, 0.3) is 6.08 Å². The van der Waals surface area contributed by atoms with Crippen LogP contribution >= 0.6 is 0 Å². The van der Waals surface area contributed by atoms with Gasteiger partial charge in [0, 0.05) is 24.0 Å². The second kappa shape index (κ2) is 6.52. The van der Waals surface area contributed by atoms with Crippen molar-refractivity contribution < 1.29 is 14.6 Å². The quantitative estimate of drug-likeness (QED) is 0.847. The maximum absolute atomic E-state index is 10.4. The molecule has 0 amide bonds. The molecule has 0 atom stereocenters. The van der Waals surface area contributed by atoms with E-state index < -0.39 is 5.97 Å². The van der Waals surface area contributed by atoms with Gasteiger partial charge in [-0.15, -0.1) is 0 Å². The van der Waals surface area contributed by atoms with Crippen molar-refractivity contribution in [1.82, 2.24) is 4.98 Å². The number of nitrogens with zero attached hydrogens (tertiary/aromatic N) is 1. The van der Waals surface area contributed by atoms with Gasteiger partial charge in [-0.05, 0) is 42.3 Å². The molecule has 1 heterocycles. The van der Waals surface area contributed by atoms with Crippen LogP contribution in [0.5, 0.6) is 5.75 Å². The van der Waals surface area contributed by atoms with Crippen LogP contribution in [-0.4, -0.2) is 16.1 Å². The van der Waals surface area contributed by atoms with Gasteiger partial charge in [-0.1, -0.05) is 12.1 Å². The van der Waals surface area contributed by atoms with Crippen LogP contribution in [-0.2, 0) is 11.4 Å². The summed E-state index contributed by atoms with van der Waals surface area (Å²) in [5, 5.41) is 8.54. The van der Waals surface area contributed by atoms with Crippen molar-refractivity contribution in [3.63, 3.8) is 0 Å². The van der Waals surface area contributed by atoms with Crippen LogP contribution in [0.4, 0.5) is 0 Å². The summed E-state index contributed by atoms with van der Waals surface area (Å²) < 4.78 is 5.65. The van der Waals surface area contributed by atoms with Crippen LogP contribution in [0.2, 0.25) is 0 Å². The molecule has 0 fully saturated rings. The summed E-state index contributed by atoms with van der Waals surface area (Å²) >= 11 is 0. The van der Waals surface area contributed by atoms with Crippen molar-refractivity contribution in [2.45, 2.75) is 13.5 Å². The molecule has 0 saturated heterocycles. The molecule has 2 rings (SSSR count). The third-order valence-electron chi connectivity index (χ3n) is 2.64. The lowest BCUT2D eigenvalue weighted by Gasteiger charge is -2.06. The lowest BCUT2D eigenvalue weighted by atomic mass is 10.2. The Labute approximate surface area is 117 Å². The molecule has 0 spiro atoms. The van der Waals surface area contributed by atoms with Gasteiger partial charge in [-0.25, -0.2) is 4.79 Å². The monoisotopic (exact) mass is 269 g/mol. The topological polar surface area (TPSA) is 59.4 Å². The number of aromatic nitrogens is 1. The Kier molecular flexibility index (Phi) is 4.50. The van der Waals surface area contributed by atoms with Crippen molar-refractivity contribution in [2.75, 3.05) is 0 Å². The van der Waals surface area contributed by atoms with Crippen LogP contribution in [0.3, 0.4) is 0 Å². The molecule has 4 heteroatoms. The molecule has 0 radical (unpaired) electrons. The Morgan fingerprint density at radius 2 is 2.05 bits per heavy atom. The van der Waals surface area contributed by atoms with E-state index in [1.807, 2.05) is 37.3 Å². The number of rotatable bonds is 5. The van der Waals surface area contributed by atoms with Gasteiger partial charge in [-0.2, -0.15) is 0 Å². The fourth-order valence-corrected chi connectivity index (χ4v) is 1.71. The van der Waals surface area contributed by atoms with E-state index in [2.05, 4.69) is 4.98 Å². The maximum atomic E-state index is 10.4. The number of hydrogen-bond donors (Lipinski definition) is 1. The van der Waals surface area contributed by atoms with Crippen molar-refractivity contribution in [2.24, 2.45) is 0 Å². The lowest BCUT2D eigenvalue weighted by molar-refractivity contribution is -0.131. The Morgan fingerprint density at radius 1 is 1.30 bits per heavy atom. The van der Waals surface area contributed by atoms with E-state index in [-0.39, 0.29) is 0 Å². The van der Waals surface area contributed by atoms with Gasteiger partial charge in [-0.3, -0.25) is 4.98 Å². The van der Waals surface area contributed by atoms with E-state index in [4.69, 9.17) is 9.84 Å². The highest BCUT2D eigenvalue weighted by molar-refractivity contribution is 5.85. The second-order valence-electron chi connectivity index (χ2n) is 4.40. The van der Waals surface area contributed by atoms with Gasteiger partial charge >= 0.3 is 5.97 Å². The van der Waals surface area contributed by atoms with Crippen molar-refractivity contribution >= 4 is 12.0 Å². The normalized spacial score (nSPS) is 10.7. The summed E-state index contributed by atoms with van der Waals surface area (Å²) in [6.45, 7) is 2.44. The molecule has 1 aromatic carbocycles. The summed E-state index contributed by atoms with van der Waals surface area (Å²) in [5.74, 6) is -0.226. The van der Waals surface area contributed by atoms with Crippen molar-refractivity contribution in [3.05, 3.63) is 65.5 Å². The summed E-state index contributed by atoms with van der Waals surface area (Å²) in [4.78, 5) is 14.5. The zero-order chi connectivity index (χ0) is 14.4. The molecule has 0 saturated carbocycles. The van der Waals surface area contributed by atoms with Gasteiger partial charge in [0.15, 0.2) is 0 Å². The molecule has 0 bridgehead atoms. The van der Waals surface area contributed by atoms with Crippen LogP contribution in [0, 0.1) is 6.92 Å². The highest BCUT2D eigenvalue weighted by Gasteiger charge is 1.97. The average Bonchev–Trinajstić information content (AvgIpc) is 2.44. The minimum Gasteiger partial charge on any atom is -0.489 e. The Bertz CT molecular complexity index is 618. The summed E-state index contributed by atoms with van der Waals surface area (Å²) in [6, 6.07) is 9.26. The first kappa shape index (κ1) is 13.8. The molecule has 102 valence electrons. The van der Waals surface area contributed by atoms with E-state index in [0.717, 1.165) is 28.5 Å². The SMILES string of the molecule is Cc1cncc(COc2ccc(/C=C/C(=O)O)cc2)c1. The van der Waals surface area contributed by atoms with E-state index >= 15 is 0 Å². The van der Waals surface area contributed by atoms with Crippen molar-refractivity contribution in [3.8, 4) is 5.75 Å². The molecule has 0 aliphatic rings. The molecule has 2 aromatic rings. The Hall–Kier alpha value is -2.62. The summed E-state index contributed by atoms with van der Waals surface area (Å²) in [5.41, 5.74) is 2.93. The second-order valence-corrected chi connectivity index (χ2v) is 4.40. The third kappa shape index (κ3) is 4.24. The summed E-state index contributed by atoms with van der Waals surface area (Å²) in [6.07, 6.45) is 6.22. The van der Waals surface area contributed by atoms with E-state index in [9.17, 15) is 4.79 Å². The van der Waals surface area contributed by atoms with Crippen molar-refractivity contribution in [1.29, 1.82) is 0 Å². The number of aliphatic carboxylic acids is 1. The standard InChI is InChI=1S/C16H15NO3/c1-12-8-14(10-17-9-12)11-20-15-5-2-13(3-6-15)4-7-16(18)19/h2-10H,11H2,1H3,(H,18,19)/b7-4+. The van der Waals surface area contributed by atoms with E-state index in [0.29, 0.717) is 6.61 Å². The van der Waals surface area contributed by atoms with Gasteiger partial charge < -0.3 is 9.84 Å². The zero-order valence-electron chi connectivity index (χ0n) is 11.1. The molecule has 4 nitrogen and oxygen atoms in total. The van der Waals surface area contributed by atoms with E-state index in [1.165, 1.54) is 6.08 Å². The smallest absolute Gasteiger partial charge is 0.328 e. The van der Waals surface area contributed by atoms with E-state index in [1.54, 1.807) is 12.4 Å².